The lowest BCUT2D eigenvalue weighted by Gasteiger charge is -2.39. The third kappa shape index (κ3) is 4.98. The Kier molecular flexibility index (Phi) is 7.31. The fourth-order valence-electron chi connectivity index (χ4n) is 2.51. The first-order valence-electron chi connectivity index (χ1n) is 7.96. The Balaban J connectivity index is 2.98. The minimum atomic E-state index is -0.436. The summed E-state index contributed by atoms with van der Waals surface area (Å²) in [5, 5.41) is 8.97. The van der Waals surface area contributed by atoms with Crippen molar-refractivity contribution in [2.24, 2.45) is 16.8 Å². The number of ether oxygens (including phenoxy) is 1. The molecule has 7 heteroatoms. The van der Waals surface area contributed by atoms with Gasteiger partial charge in [-0.15, -0.1) is 0 Å². The molecule has 1 aliphatic heterocycles. The number of hydrazone groups is 1. The Morgan fingerprint density at radius 1 is 1.41 bits per heavy atom. The van der Waals surface area contributed by atoms with Gasteiger partial charge >= 0.3 is 5.97 Å². The molecule has 0 bridgehead atoms. The fourth-order valence-corrected chi connectivity index (χ4v) is 2.51. The molecular weight excluding hydrogens is 284 g/mol. The molecule has 3 N–H and O–H groups in total. The minimum Gasteiger partial charge on any atom is -0.461 e. The first kappa shape index (κ1) is 18.4. The maximum Gasteiger partial charge on any atom is 0.354 e. The number of amides is 1. The Bertz CT molecular complexity index is 421. The monoisotopic (exact) mass is 312 g/mol. The average molecular weight is 312 g/mol. The van der Waals surface area contributed by atoms with Crippen LogP contribution in [-0.2, 0) is 14.3 Å². The number of nitrogens with two attached hydrogens (primary N) is 1. The summed E-state index contributed by atoms with van der Waals surface area (Å²) in [6.07, 6.45) is 1.90. The van der Waals surface area contributed by atoms with E-state index < -0.39 is 18.2 Å². The molecular formula is C15H28N4O3. The predicted molar refractivity (Wildman–Crippen MR) is 85.0 cm³/mol. The highest BCUT2D eigenvalue weighted by Gasteiger charge is 2.34. The molecule has 0 saturated carbocycles. The SMILES string of the molecule is CCOC(=O)C1=NN(CC(CC)CC)[C@H](NC(C)=O)[C@@H](N)C1. The number of carbonyl (C=O) groups excluding carboxylic acids is 2. The number of hydrogen-bond donors (Lipinski definition) is 2. The second-order valence-corrected chi connectivity index (χ2v) is 5.59. The van der Waals surface area contributed by atoms with Crippen molar-refractivity contribution in [3.63, 3.8) is 0 Å². The van der Waals surface area contributed by atoms with Crippen LogP contribution >= 0.6 is 0 Å². The van der Waals surface area contributed by atoms with E-state index >= 15 is 0 Å². The zero-order valence-electron chi connectivity index (χ0n) is 14.0. The van der Waals surface area contributed by atoms with E-state index in [0.717, 1.165) is 12.8 Å². The maximum absolute atomic E-state index is 11.9. The number of carbonyl (C=O) groups is 2. The maximum atomic E-state index is 11.9. The average Bonchev–Trinajstić information content (AvgIpc) is 2.47. The summed E-state index contributed by atoms with van der Waals surface area (Å²) in [6, 6.07) is -0.393. The molecule has 1 rings (SSSR count). The molecule has 22 heavy (non-hydrogen) atoms. The molecule has 1 heterocycles. The normalized spacial score (nSPS) is 21.5. The van der Waals surface area contributed by atoms with Gasteiger partial charge in [0.1, 0.15) is 11.9 Å². The van der Waals surface area contributed by atoms with Crippen LogP contribution in [0.3, 0.4) is 0 Å². The lowest BCUT2D eigenvalue weighted by Crippen LogP contribution is -2.60. The van der Waals surface area contributed by atoms with Crippen molar-refractivity contribution < 1.29 is 14.3 Å². The summed E-state index contributed by atoms with van der Waals surface area (Å²) in [5.74, 6) is -0.174. The van der Waals surface area contributed by atoms with Gasteiger partial charge in [0, 0.05) is 19.9 Å². The molecule has 0 spiro atoms. The molecule has 0 saturated heterocycles. The molecule has 0 aromatic heterocycles. The lowest BCUT2D eigenvalue weighted by atomic mass is 10.0. The van der Waals surface area contributed by atoms with Gasteiger partial charge in [0.25, 0.3) is 0 Å². The van der Waals surface area contributed by atoms with E-state index in [9.17, 15) is 9.59 Å². The van der Waals surface area contributed by atoms with Crippen LogP contribution in [0.2, 0.25) is 0 Å². The summed E-state index contributed by atoms with van der Waals surface area (Å²) < 4.78 is 5.01. The van der Waals surface area contributed by atoms with Crippen molar-refractivity contribution in [2.75, 3.05) is 13.2 Å². The van der Waals surface area contributed by atoms with Gasteiger partial charge in [-0.25, -0.2) is 4.79 Å². The van der Waals surface area contributed by atoms with Crippen LogP contribution in [-0.4, -0.2) is 48.0 Å². The van der Waals surface area contributed by atoms with Crippen molar-refractivity contribution >= 4 is 17.6 Å². The van der Waals surface area contributed by atoms with Gasteiger partial charge in [-0.1, -0.05) is 26.7 Å². The molecule has 0 radical (unpaired) electrons. The standard InChI is InChI=1S/C15H28N4O3/c1-5-11(6-2)9-19-14(17-10(4)20)12(16)8-13(18-19)15(21)22-7-3/h11-12,14H,5-9,16H2,1-4H3,(H,17,20)/t12-,14-/m0/s1. The van der Waals surface area contributed by atoms with E-state index in [1.807, 2.05) is 0 Å². The number of esters is 1. The summed E-state index contributed by atoms with van der Waals surface area (Å²) in [7, 11) is 0. The summed E-state index contributed by atoms with van der Waals surface area (Å²) >= 11 is 0. The number of nitrogens with one attached hydrogen (secondary N) is 1. The van der Waals surface area contributed by atoms with Gasteiger partial charge < -0.3 is 15.8 Å². The highest BCUT2D eigenvalue weighted by atomic mass is 16.5. The molecule has 0 aliphatic carbocycles. The molecule has 0 unspecified atom stereocenters. The van der Waals surface area contributed by atoms with E-state index in [-0.39, 0.29) is 5.91 Å². The molecule has 0 fully saturated rings. The minimum absolute atomic E-state index is 0.162. The zero-order valence-corrected chi connectivity index (χ0v) is 14.0. The topological polar surface area (TPSA) is 97.0 Å². The summed E-state index contributed by atoms with van der Waals surface area (Å²) in [6.45, 7) is 8.38. The Hall–Kier alpha value is -1.63. The molecule has 1 amide bonds. The summed E-state index contributed by atoms with van der Waals surface area (Å²) in [5.41, 5.74) is 6.48. The van der Waals surface area contributed by atoms with Crippen LogP contribution in [0, 0.1) is 5.92 Å². The third-order valence-corrected chi connectivity index (χ3v) is 3.87. The number of hydrogen-bond acceptors (Lipinski definition) is 6. The number of rotatable bonds is 7. The largest absolute Gasteiger partial charge is 0.461 e. The Morgan fingerprint density at radius 2 is 2.05 bits per heavy atom. The van der Waals surface area contributed by atoms with Crippen LogP contribution in [0.15, 0.2) is 5.10 Å². The van der Waals surface area contributed by atoms with Crippen molar-refractivity contribution in [2.45, 2.75) is 59.2 Å². The van der Waals surface area contributed by atoms with Gasteiger partial charge in [-0.3, -0.25) is 9.80 Å². The highest BCUT2D eigenvalue weighted by Crippen LogP contribution is 2.18. The molecule has 126 valence electrons. The van der Waals surface area contributed by atoms with E-state index in [2.05, 4.69) is 24.3 Å². The quantitative estimate of drug-likeness (QED) is 0.679. The van der Waals surface area contributed by atoms with Crippen LogP contribution < -0.4 is 11.1 Å². The van der Waals surface area contributed by atoms with Gasteiger partial charge in [-0.2, -0.15) is 5.10 Å². The molecule has 0 aromatic rings. The van der Waals surface area contributed by atoms with Gasteiger partial charge in [0.2, 0.25) is 5.91 Å². The third-order valence-electron chi connectivity index (χ3n) is 3.87. The smallest absolute Gasteiger partial charge is 0.354 e. The van der Waals surface area contributed by atoms with Crippen molar-refractivity contribution in [3.05, 3.63) is 0 Å². The summed E-state index contributed by atoms with van der Waals surface area (Å²) in [4.78, 5) is 23.3. The van der Waals surface area contributed by atoms with Crippen LogP contribution in [0.5, 0.6) is 0 Å². The second-order valence-electron chi connectivity index (χ2n) is 5.59. The van der Waals surface area contributed by atoms with Crippen LogP contribution in [0.4, 0.5) is 0 Å². The highest BCUT2D eigenvalue weighted by molar-refractivity contribution is 6.36. The van der Waals surface area contributed by atoms with E-state index in [1.165, 1.54) is 6.92 Å². The van der Waals surface area contributed by atoms with Crippen LogP contribution in [0.1, 0.15) is 47.0 Å². The molecule has 2 atom stereocenters. The molecule has 0 aromatic carbocycles. The first-order chi connectivity index (χ1) is 10.4. The lowest BCUT2D eigenvalue weighted by molar-refractivity contribution is -0.135. The second kappa shape index (κ2) is 8.73. The van der Waals surface area contributed by atoms with Gasteiger partial charge in [0.05, 0.1) is 12.6 Å². The van der Waals surface area contributed by atoms with Crippen molar-refractivity contribution in [3.8, 4) is 0 Å². The van der Waals surface area contributed by atoms with Gasteiger partial charge in [-0.05, 0) is 12.8 Å². The predicted octanol–water partition coefficient (Wildman–Crippen LogP) is 0.837. The number of nitrogens with zero attached hydrogens (tertiary/aromatic N) is 2. The fraction of sp³-hybridized carbons (Fsp3) is 0.800. The Morgan fingerprint density at radius 3 is 2.55 bits per heavy atom. The molecule has 1 aliphatic rings. The Labute approximate surface area is 132 Å². The molecule has 7 nitrogen and oxygen atoms in total. The van der Waals surface area contributed by atoms with E-state index in [0.29, 0.717) is 31.2 Å². The van der Waals surface area contributed by atoms with Crippen LogP contribution in [0.25, 0.3) is 0 Å². The van der Waals surface area contributed by atoms with Gasteiger partial charge in [0.15, 0.2) is 0 Å². The van der Waals surface area contributed by atoms with E-state index in [1.54, 1.807) is 11.9 Å². The van der Waals surface area contributed by atoms with Crippen molar-refractivity contribution in [1.29, 1.82) is 0 Å². The first-order valence-corrected chi connectivity index (χ1v) is 7.96. The zero-order chi connectivity index (χ0) is 16.7. The van der Waals surface area contributed by atoms with Crippen molar-refractivity contribution in [1.82, 2.24) is 10.3 Å². The van der Waals surface area contributed by atoms with E-state index in [4.69, 9.17) is 10.5 Å².